The predicted molar refractivity (Wildman–Crippen MR) is 119 cm³/mol. The molecule has 1 aromatic carbocycles. The van der Waals surface area contributed by atoms with Gasteiger partial charge in [-0.1, -0.05) is 24.3 Å². The lowest BCUT2D eigenvalue weighted by molar-refractivity contribution is 0.134. The number of piperidine rings is 1. The van der Waals surface area contributed by atoms with Gasteiger partial charge in [0.25, 0.3) is 0 Å². The summed E-state index contributed by atoms with van der Waals surface area (Å²) in [5.41, 5.74) is 2.42. The molecule has 0 amide bonds. The fourth-order valence-electron chi connectivity index (χ4n) is 3.34. The van der Waals surface area contributed by atoms with Crippen LogP contribution in [0.5, 0.6) is 0 Å². The lowest BCUT2D eigenvalue weighted by atomic mass is 10.1. The number of rotatable bonds is 8. The van der Waals surface area contributed by atoms with E-state index in [2.05, 4.69) is 64.2 Å². The van der Waals surface area contributed by atoms with Crippen LogP contribution in [0.1, 0.15) is 37.8 Å². The Balaban J connectivity index is 1.50. The zero-order valence-corrected chi connectivity index (χ0v) is 17.8. The average Bonchev–Trinajstić information content (AvgIpc) is 3.27. The third kappa shape index (κ3) is 6.24. The van der Waals surface area contributed by atoms with Crippen LogP contribution in [0.25, 0.3) is 0 Å². The molecule has 1 saturated heterocycles. The van der Waals surface area contributed by atoms with E-state index in [9.17, 15) is 0 Å². The molecule has 2 aromatic rings. The number of nitrogens with zero attached hydrogens (tertiary/aromatic N) is 2. The van der Waals surface area contributed by atoms with E-state index >= 15 is 0 Å². The number of thiophene rings is 1. The summed E-state index contributed by atoms with van der Waals surface area (Å²) in [6, 6.07) is 13.3. The summed E-state index contributed by atoms with van der Waals surface area (Å²) in [4.78, 5) is 7.27. The Morgan fingerprint density at radius 2 is 1.89 bits per heavy atom. The van der Waals surface area contributed by atoms with Gasteiger partial charge in [0.05, 0.1) is 18.2 Å². The Morgan fingerprint density at radius 3 is 2.54 bits per heavy atom. The molecule has 0 spiro atoms. The second kappa shape index (κ2) is 11.1. The minimum Gasteiger partial charge on any atom is -0.377 e. The summed E-state index contributed by atoms with van der Waals surface area (Å²) in [6.45, 7) is 9.29. The number of anilines is 1. The first-order valence-corrected chi connectivity index (χ1v) is 11.1. The van der Waals surface area contributed by atoms with Crippen LogP contribution in [0.2, 0.25) is 0 Å². The largest absolute Gasteiger partial charge is 0.377 e. The van der Waals surface area contributed by atoms with Crippen LogP contribution in [0.3, 0.4) is 0 Å². The van der Waals surface area contributed by atoms with Gasteiger partial charge in [0.2, 0.25) is 0 Å². The average molecular weight is 401 g/mol. The van der Waals surface area contributed by atoms with E-state index in [1.54, 1.807) is 0 Å². The molecule has 152 valence electrons. The number of aliphatic imine (C=N–C) groups is 1. The van der Waals surface area contributed by atoms with E-state index in [-0.39, 0.29) is 0 Å². The summed E-state index contributed by atoms with van der Waals surface area (Å²) in [5.74, 6) is 0.912. The molecule has 5 nitrogen and oxygen atoms in total. The SMILES string of the molecule is CCNC(=NCc1ccc(COCC)cc1)NC1CCN(c2cccs2)CC1. The van der Waals surface area contributed by atoms with Crippen LogP contribution in [0.4, 0.5) is 5.00 Å². The Morgan fingerprint density at radius 1 is 1.14 bits per heavy atom. The zero-order valence-electron chi connectivity index (χ0n) is 17.0. The minimum atomic E-state index is 0.475. The number of nitrogens with one attached hydrogen (secondary N) is 2. The molecule has 0 radical (unpaired) electrons. The molecule has 1 fully saturated rings. The van der Waals surface area contributed by atoms with Crippen molar-refractivity contribution >= 4 is 22.3 Å². The van der Waals surface area contributed by atoms with E-state index in [0.717, 1.165) is 45.0 Å². The molecular formula is C22H32N4OS. The lowest BCUT2D eigenvalue weighted by Gasteiger charge is -2.33. The highest BCUT2D eigenvalue weighted by atomic mass is 32.1. The molecule has 0 aliphatic carbocycles. The van der Waals surface area contributed by atoms with Crippen molar-refractivity contribution < 1.29 is 4.74 Å². The Bertz CT molecular complexity index is 707. The van der Waals surface area contributed by atoms with Crippen molar-refractivity contribution in [2.45, 2.75) is 45.9 Å². The van der Waals surface area contributed by atoms with Crippen molar-refractivity contribution in [1.29, 1.82) is 0 Å². The predicted octanol–water partition coefficient (Wildman–Crippen LogP) is 4.01. The monoisotopic (exact) mass is 400 g/mol. The molecule has 0 bridgehead atoms. The van der Waals surface area contributed by atoms with Crippen molar-refractivity contribution in [1.82, 2.24) is 10.6 Å². The first-order chi connectivity index (χ1) is 13.8. The summed E-state index contributed by atoms with van der Waals surface area (Å²) < 4.78 is 5.45. The number of guanidine groups is 1. The van der Waals surface area contributed by atoms with Crippen LogP contribution < -0.4 is 15.5 Å². The molecule has 0 saturated carbocycles. The number of hydrogen-bond acceptors (Lipinski definition) is 4. The van der Waals surface area contributed by atoms with Crippen molar-refractivity contribution in [3.8, 4) is 0 Å². The molecule has 0 atom stereocenters. The zero-order chi connectivity index (χ0) is 19.6. The summed E-state index contributed by atoms with van der Waals surface area (Å²) in [5, 5.41) is 10.5. The van der Waals surface area contributed by atoms with Gasteiger partial charge in [0.1, 0.15) is 0 Å². The highest BCUT2D eigenvalue weighted by Crippen LogP contribution is 2.24. The van der Waals surface area contributed by atoms with Crippen molar-refractivity contribution in [3.05, 3.63) is 52.9 Å². The van der Waals surface area contributed by atoms with E-state index < -0.39 is 0 Å². The number of benzene rings is 1. The van der Waals surface area contributed by atoms with E-state index in [4.69, 9.17) is 9.73 Å². The van der Waals surface area contributed by atoms with Crippen LogP contribution in [-0.4, -0.2) is 38.2 Å². The van der Waals surface area contributed by atoms with Crippen LogP contribution in [0, 0.1) is 0 Å². The highest BCUT2D eigenvalue weighted by Gasteiger charge is 2.20. The number of hydrogen-bond donors (Lipinski definition) is 2. The molecule has 1 aromatic heterocycles. The molecule has 3 rings (SSSR count). The molecule has 2 heterocycles. The fraction of sp³-hybridized carbons (Fsp3) is 0.500. The van der Waals surface area contributed by atoms with Gasteiger partial charge in [-0.3, -0.25) is 0 Å². The molecule has 1 aliphatic heterocycles. The van der Waals surface area contributed by atoms with Gasteiger partial charge in [0.15, 0.2) is 5.96 Å². The fourth-order valence-corrected chi connectivity index (χ4v) is 4.12. The van der Waals surface area contributed by atoms with Crippen LogP contribution in [0.15, 0.2) is 46.8 Å². The lowest BCUT2D eigenvalue weighted by Crippen LogP contribution is -2.48. The normalized spacial score (nSPS) is 15.6. The minimum absolute atomic E-state index is 0.475. The first kappa shape index (κ1) is 20.7. The third-order valence-electron chi connectivity index (χ3n) is 4.91. The Kier molecular flexibility index (Phi) is 8.18. The van der Waals surface area contributed by atoms with Gasteiger partial charge in [-0.05, 0) is 55.3 Å². The summed E-state index contributed by atoms with van der Waals surface area (Å²) >= 11 is 1.83. The molecule has 2 N–H and O–H groups in total. The second-order valence-corrected chi connectivity index (χ2v) is 7.93. The van der Waals surface area contributed by atoms with Crippen molar-refractivity contribution in [2.24, 2.45) is 4.99 Å². The molecule has 1 aliphatic rings. The van der Waals surface area contributed by atoms with E-state index in [1.165, 1.54) is 16.1 Å². The van der Waals surface area contributed by atoms with Gasteiger partial charge in [-0.2, -0.15) is 0 Å². The third-order valence-corrected chi connectivity index (χ3v) is 5.84. The quantitative estimate of drug-likeness (QED) is 0.519. The van der Waals surface area contributed by atoms with Gasteiger partial charge < -0.3 is 20.3 Å². The molecule has 0 unspecified atom stereocenters. The number of ether oxygens (including phenoxy) is 1. The first-order valence-electron chi connectivity index (χ1n) is 10.3. The van der Waals surface area contributed by atoms with Gasteiger partial charge >= 0.3 is 0 Å². The smallest absolute Gasteiger partial charge is 0.191 e. The van der Waals surface area contributed by atoms with E-state index in [0.29, 0.717) is 19.2 Å². The van der Waals surface area contributed by atoms with Crippen LogP contribution in [-0.2, 0) is 17.9 Å². The Hall–Kier alpha value is -2.05. The maximum atomic E-state index is 5.45. The maximum Gasteiger partial charge on any atom is 0.191 e. The summed E-state index contributed by atoms with van der Waals surface area (Å²) in [7, 11) is 0. The molecule has 28 heavy (non-hydrogen) atoms. The van der Waals surface area contributed by atoms with Gasteiger partial charge in [-0.25, -0.2) is 4.99 Å². The summed E-state index contributed by atoms with van der Waals surface area (Å²) in [6.07, 6.45) is 2.27. The van der Waals surface area contributed by atoms with Crippen molar-refractivity contribution in [2.75, 3.05) is 31.1 Å². The van der Waals surface area contributed by atoms with Crippen LogP contribution >= 0.6 is 11.3 Å². The standard InChI is InChI=1S/C22H32N4OS/c1-3-23-22(24-16-18-7-9-19(10-8-18)17-27-4-2)25-20-11-13-26(14-12-20)21-6-5-15-28-21/h5-10,15,20H,3-4,11-14,16-17H2,1-2H3,(H2,23,24,25). The van der Waals surface area contributed by atoms with E-state index in [1.807, 2.05) is 18.3 Å². The Labute approximate surface area is 172 Å². The van der Waals surface area contributed by atoms with Gasteiger partial charge in [0, 0.05) is 32.3 Å². The van der Waals surface area contributed by atoms with Gasteiger partial charge in [-0.15, -0.1) is 11.3 Å². The molecular weight excluding hydrogens is 368 g/mol. The maximum absolute atomic E-state index is 5.45. The topological polar surface area (TPSA) is 48.9 Å². The second-order valence-electron chi connectivity index (χ2n) is 7.01. The highest BCUT2D eigenvalue weighted by molar-refractivity contribution is 7.14. The molecule has 6 heteroatoms. The van der Waals surface area contributed by atoms with Crippen molar-refractivity contribution in [3.63, 3.8) is 0 Å².